The highest BCUT2D eigenvalue weighted by atomic mass is 16.5. The number of ether oxygens (including phenoxy) is 2. The summed E-state index contributed by atoms with van der Waals surface area (Å²) in [6.07, 6.45) is 2.62. The number of fused-ring (bicyclic) bond motifs is 1. The molecule has 0 radical (unpaired) electrons. The monoisotopic (exact) mass is 344 g/mol. The van der Waals surface area contributed by atoms with E-state index in [0.717, 1.165) is 25.6 Å². The summed E-state index contributed by atoms with van der Waals surface area (Å²) in [4.78, 5) is 28.8. The maximum atomic E-state index is 12.8. The Morgan fingerprint density at radius 1 is 1.08 bits per heavy atom. The number of amides is 1. The molecule has 6 nitrogen and oxygen atoms in total. The number of rotatable bonds is 3. The van der Waals surface area contributed by atoms with E-state index in [2.05, 4.69) is 4.90 Å². The van der Waals surface area contributed by atoms with E-state index in [1.807, 2.05) is 4.90 Å². The SMILES string of the molecule is COC(=O)c1ccc(C(=O)N2CCN3[C@@H](COC[C@@H]3C3CC3)C2)cc1. The Morgan fingerprint density at radius 3 is 2.48 bits per heavy atom. The second-order valence-electron chi connectivity index (χ2n) is 7.15. The predicted octanol–water partition coefficient (Wildman–Crippen LogP) is 1.41. The summed E-state index contributed by atoms with van der Waals surface area (Å²) >= 11 is 0. The van der Waals surface area contributed by atoms with Gasteiger partial charge in [-0.25, -0.2) is 4.79 Å². The highest BCUT2D eigenvalue weighted by molar-refractivity contribution is 5.96. The average molecular weight is 344 g/mol. The number of methoxy groups -OCH3 is 1. The molecule has 1 aromatic rings. The number of piperazine rings is 1. The zero-order valence-electron chi connectivity index (χ0n) is 14.5. The van der Waals surface area contributed by atoms with Crippen molar-refractivity contribution < 1.29 is 19.1 Å². The molecular weight excluding hydrogens is 320 g/mol. The molecule has 2 heterocycles. The van der Waals surface area contributed by atoms with Gasteiger partial charge in [0, 0.05) is 31.2 Å². The molecule has 0 bridgehead atoms. The fraction of sp³-hybridized carbons (Fsp3) is 0.579. The first-order chi connectivity index (χ1) is 12.2. The molecule has 2 atom stereocenters. The molecule has 0 spiro atoms. The van der Waals surface area contributed by atoms with Crippen LogP contribution in [0.4, 0.5) is 0 Å². The van der Waals surface area contributed by atoms with Crippen LogP contribution >= 0.6 is 0 Å². The van der Waals surface area contributed by atoms with E-state index in [9.17, 15) is 9.59 Å². The number of benzene rings is 1. The van der Waals surface area contributed by atoms with Gasteiger partial charge in [0.2, 0.25) is 0 Å². The Labute approximate surface area is 147 Å². The molecule has 2 saturated heterocycles. The zero-order valence-corrected chi connectivity index (χ0v) is 14.5. The van der Waals surface area contributed by atoms with Gasteiger partial charge in [0.25, 0.3) is 5.91 Å². The number of nitrogens with zero attached hydrogens (tertiary/aromatic N) is 2. The molecule has 4 rings (SSSR count). The van der Waals surface area contributed by atoms with Crippen LogP contribution in [0.15, 0.2) is 24.3 Å². The van der Waals surface area contributed by atoms with Gasteiger partial charge in [-0.3, -0.25) is 9.69 Å². The van der Waals surface area contributed by atoms with Gasteiger partial charge in [-0.05, 0) is 43.0 Å². The summed E-state index contributed by atoms with van der Waals surface area (Å²) < 4.78 is 10.5. The third-order valence-corrected chi connectivity index (χ3v) is 5.56. The maximum absolute atomic E-state index is 12.8. The van der Waals surface area contributed by atoms with Crippen molar-refractivity contribution in [2.75, 3.05) is 40.0 Å². The molecule has 3 fully saturated rings. The first kappa shape index (κ1) is 16.5. The molecule has 6 heteroatoms. The maximum Gasteiger partial charge on any atom is 0.337 e. The Hall–Kier alpha value is -1.92. The minimum absolute atomic E-state index is 0.0182. The van der Waals surface area contributed by atoms with E-state index in [0.29, 0.717) is 36.4 Å². The standard InChI is InChI=1S/C19H24N2O4/c1-24-19(23)15-6-4-14(5-7-15)18(22)20-8-9-21-16(10-20)11-25-12-17(21)13-2-3-13/h4-7,13,16-17H,2-3,8-12H2,1H3/t16-,17-/m1/s1. The largest absolute Gasteiger partial charge is 0.465 e. The average Bonchev–Trinajstić information content (AvgIpc) is 3.51. The molecule has 3 aliphatic rings. The molecule has 1 amide bonds. The molecule has 0 unspecified atom stereocenters. The van der Waals surface area contributed by atoms with Gasteiger partial charge in [0.1, 0.15) is 0 Å². The van der Waals surface area contributed by atoms with Crippen LogP contribution in [0.5, 0.6) is 0 Å². The van der Waals surface area contributed by atoms with Crippen molar-refractivity contribution >= 4 is 11.9 Å². The molecule has 1 aliphatic carbocycles. The second kappa shape index (κ2) is 6.77. The van der Waals surface area contributed by atoms with E-state index in [4.69, 9.17) is 9.47 Å². The van der Waals surface area contributed by atoms with E-state index in [1.54, 1.807) is 24.3 Å². The van der Waals surface area contributed by atoms with Crippen LogP contribution < -0.4 is 0 Å². The Balaban J connectivity index is 1.42. The first-order valence-corrected chi connectivity index (χ1v) is 8.98. The Kier molecular flexibility index (Phi) is 4.48. The van der Waals surface area contributed by atoms with Gasteiger partial charge in [0.05, 0.1) is 31.9 Å². The van der Waals surface area contributed by atoms with Gasteiger partial charge in [-0.2, -0.15) is 0 Å². The summed E-state index contributed by atoms with van der Waals surface area (Å²) in [5.41, 5.74) is 1.06. The summed E-state index contributed by atoms with van der Waals surface area (Å²) in [5, 5.41) is 0. The highest BCUT2D eigenvalue weighted by Gasteiger charge is 2.43. The molecule has 2 aliphatic heterocycles. The van der Waals surface area contributed by atoms with E-state index in [1.165, 1.54) is 20.0 Å². The lowest BCUT2D eigenvalue weighted by Crippen LogP contribution is -2.63. The van der Waals surface area contributed by atoms with Crippen molar-refractivity contribution in [3.63, 3.8) is 0 Å². The summed E-state index contributed by atoms with van der Waals surface area (Å²) in [7, 11) is 1.35. The van der Waals surface area contributed by atoms with Crippen LogP contribution in [-0.4, -0.2) is 73.7 Å². The van der Waals surface area contributed by atoms with Crippen molar-refractivity contribution in [3.8, 4) is 0 Å². The molecule has 134 valence electrons. The van der Waals surface area contributed by atoms with Crippen LogP contribution in [0.2, 0.25) is 0 Å². The van der Waals surface area contributed by atoms with Crippen molar-refractivity contribution in [3.05, 3.63) is 35.4 Å². The molecule has 0 N–H and O–H groups in total. The third kappa shape index (κ3) is 3.28. The van der Waals surface area contributed by atoms with Crippen LogP contribution in [0.25, 0.3) is 0 Å². The summed E-state index contributed by atoms with van der Waals surface area (Å²) in [6, 6.07) is 7.52. The lowest BCUT2D eigenvalue weighted by atomic mass is 10.0. The zero-order chi connectivity index (χ0) is 17.4. The predicted molar refractivity (Wildman–Crippen MR) is 91.5 cm³/mol. The van der Waals surface area contributed by atoms with Crippen LogP contribution in [0, 0.1) is 5.92 Å². The highest BCUT2D eigenvalue weighted by Crippen LogP contribution is 2.38. The van der Waals surface area contributed by atoms with Gasteiger partial charge in [-0.1, -0.05) is 0 Å². The van der Waals surface area contributed by atoms with Gasteiger partial charge in [-0.15, -0.1) is 0 Å². The van der Waals surface area contributed by atoms with E-state index >= 15 is 0 Å². The van der Waals surface area contributed by atoms with Crippen molar-refractivity contribution in [2.45, 2.75) is 24.9 Å². The minimum Gasteiger partial charge on any atom is -0.465 e. The Bertz CT molecular complexity index is 656. The van der Waals surface area contributed by atoms with Crippen LogP contribution in [0.1, 0.15) is 33.6 Å². The lowest BCUT2D eigenvalue weighted by Gasteiger charge is -2.48. The topological polar surface area (TPSA) is 59.1 Å². The van der Waals surface area contributed by atoms with Gasteiger partial charge < -0.3 is 14.4 Å². The van der Waals surface area contributed by atoms with E-state index < -0.39 is 5.97 Å². The number of hydrogen-bond acceptors (Lipinski definition) is 5. The molecule has 25 heavy (non-hydrogen) atoms. The van der Waals surface area contributed by atoms with E-state index in [-0.39, 0.29) is 5.91 Å². The number of esters is 1. The lowest BCUT2D eigenvalue weighted by molar-refractivity contribution is -0.0816. The van der Waals surface area contributed by atoms with Crippen molar-refractivity contribution in [1.29, 1.82) is 0 Å². The van der Waals surface area contributed by atoms with Crippen molar-refractivity contribution in [2.24, 2.45) is 5.92 Å². The minimum atomic E-state index is -0.391. The molecular formula is C19H24N2O4. The summed E-state index contributed by atoms with van der Waals surface area (Å²) in [6.45, 7) is 3.91. The van der Waals surface area contributed by atoms with Crippen LogP contribution in [-0.2, 0) is 9.47 Å². The molecule has 1 saturated carbocycles. The Morgan fingerprint density at radius 2 is 1.80 bits per heavy atom. The smallest absolute Gasteiger partial charge is 0.337 e. The van der Waals surface area contributed by atoms with Crippen molar-refractivity contribution in [1.82, 2.24) is 9.80 Å². The normalized spacial score (nSPS) is 26.8. The second-order valence-corrected chi connectivity index (χ2v) is 7.15. The van der Waals surface area contributed by atoms with Gasteiger partial charge >= 0.3 is 5.97 Å². The number of carbonyl (C=O) groups excluding carboxylic acids is 2. The van der Waals surface area contributed by atoms with Crippen LogP contribution in [0.3, 0.4) is 0 Å². The number of carbonyl (C=O) groups is 2. The third-order valence-electron chi connectivity index (χ3n) is 5.56. The fourth-order valence-electron chi connectivity index (χ4n) is 4.00. The molecule has 1 aromatic carbocycles. The first-order valence-electron chi connectivity index (χ1n) is 8.98. The summed E-state index contributed by atoms with van der Waals surface area (Å²) in [5.74, 6) is 0.415. The fourth-order valence-corrected chi connectivity index (χ4v) is 4.00. The number of morpholine rings is 1. The van der Waals surface area contributed by atoms with Gasteiger partial charge in [0.15, 0.2) is 0 Å². The number of hydrogen-bond donors (Lipinski definition) is 0. The quantitative estimate of drug-likeness (QED) is 0.776. The molecule has 0 aromatic heterocycles.